The van der Waals surface area contributed by atoms with Crippen molar-refractivity contribution in [1.82, 2.24) is 0 Å². The van der Waals surface area contributed by atoms with Crippen molar-refractivity contribution in [2.45, 2.75) is 25.3 Å². The van der Waals surface area contributed by atoms with Crippen LogP contribution in [0.15, 0.2) is 18.2 Å². The van der Waals surface area contributed by atoms with Gasteiger partial charge in [0.25, 0.3) is 0 Å². The van der Waals surface area contributed by atoms with E-state index in [4.69, 9.17) is 22.1 Å². The Labute approximate surface area is 101 Å². The lowest BCUT2D eigenvalue weighted by molar-refractivity contribution is 0.171. The van der Waals surface area contributed by atoms with Crippen molar-refractivity contribution in [3.05, 3.63) is 34.6 Å². The van der Waals surface area contributed by atoms with E-state index in [1.807, 2.05) is 6.92 Å². The Bertz CT molecular complexity index is 355. The van der Waals surface area contributed by atoms with Gasteiger partial charge in [0.05, 0.1) is 5.02 Å². The van der Waals surface area contributed by atoms with Gasteiger partial charge in [-0.1, -0.05) is 23.7 Å². The lowest BCUT2D eigenvalue weighted by Crippen LogP contribution is -2.39. The molecule has 4 heteroatoms. The molecule has 0 saturated carbocycles. The van der Waals surface area contributed by atoms with E-state index in [0.29, 0.717) is 19.4 Å². The third-order valence-electron chi connectivity index (χ3n) is 2.50. The molecule has 0 aromatic heterocycles. The summed E-state index contributed by atoms with van der Waals surface area (Å²) in [5.41, 5.74) is 6.39. The fourth-order valence-corrected chi connectivity index (χ4v) is 1.74. The third kappa shape index (κ3) is 3.74. The minimum Gasteiger partial charge on any atom is -0.385 e. The molecule has 16 heavy (non-hydrogen) atoms. The largest absolute Gasteiger partial charge is 0.385 e. The van der Waals surface area contributed by atoms with Crippen LogP contribution in [0.5, 0.6) is 0 Å². The highest BCUT2D eigenvalue weighted by molar-refractivity contribution is 6.31. The van der Waals surface area contributed by atoms with Crippen molar-refractivity contribution >= 4 is 11.6 Å². The SMILES string of the molecule is COCCC(C)(N)Cc1cccc(F)c1Cl. The molecule has 0 fully saturated rings. The van der Waals surface area contributed by atoms with Gasteiger partial charge >= 0.3 is 0 Å². The summed E-state index contributed by atoms with van der Waals surface area (Å²) in [4.78, 5) is 0. The lowest BCUT2D eigenvalue weighted by atomic mass is 9.91. The smallest absolute Gasteiger partial charge is 0.142 e. The summed E-state index contributed by atoms with van der Waals surface area (Å²) in [5.74, 6) is -0.401. The number of nitrogens with two attached hydrogens (primary N) is 1. The molecule has 1 atom stereocenters. The molecular formula is C12H17ClFNO. The molecule has 2 N–H and O–H groups in total. The number of halogens is 2. The summed E-state index contributed by atoms with van der Waals surface area (Å²) in [7, 11) is 1.63. The number of hydrogen-bond acceptors (Lipinski definition) is 2. The highest BCUT2D eigenvalue weighted by Crippen LogP contribution is 2.24. The van der Waals surface area contributed by atoms with Gasteiger partial charge in [0, 0.05) is 19.3 Å². The quantitative estimate of drug-likeness (QED) is 0.866. The van der Waals surface area contributed by atoms with Gasteiger partial charge in [-0.25, -0.2) is 4.39 Å². The molecular weight excluding hydrogens is 229 g/mol. The number of rotatable bonds is 5. The van der Waals surface area contributed by atoms with Crippen molar-refractivity contribution in [2.24, 2.45) is 5.73 Å². The van der Waals surface area contributed by atoms with Crippen molar-refractivity contribution in [3.63, 3.8) is 0 Å². The van der Waals surface area contributed by atoms with Crippen LogP contribution in [0.3, 0.4) is 0 Å². The summed E-state index contributed by atoms with van der Waals surface area (Å²) in [6, 6.07) is 4.78. The first-order valence-corrected chi connectivity index (χ1v) is 5.55. The van der Waals surface area contributed by atoms with Crippen LogP contribution in [0, 0.1) is 5.82 Å². The Kier molecular flexibility index (Phi) is 4.71. The summed E-state index contributed by atoms with van der Waals surface area (Å²) < 4.78 is 18.2. The van der Waals surface area contributed by atoms with Crippen molar-refractivity contribution in [1.29, 1.82) is 0 Å². The van der Waals surface area contributed by atoms with Gasteiger partial charge in [-0.15, -0.1) is 0 Å². The van der Waals surface area contributed by atoms with Crippen LogP contribution in [0.4, 0.5) is 4.39 Å². The molecule has 0 aliphatic carbocycles. The van der Waals surface area contributed by atoms with Gasteiger partial charge in [-0.2, -0.15) is 0 Å². The molecule has 90 valence electrons. The molecule has 1 aromatic rings. The molecule has 0 spiro atoms. The average Bonchev–Trinajstić information content (AvgIpc) is 2.22. The molecule has 0 amide bonds. The zero-order chi connectivity index (χ0) is 12.2. The summed E-state index contributed by atoms with van der Waals surface area (Å²) in [6.45, 7) is 2.49. The zero-order valence-corrected chi connectivity index (χ0v) is 10.4. The van der Waals surface area contributed by atoms with Gasteiger partial charge < -0.3 is 10.5 Å². The zero-order valence-electron chi connectivity index (χ0n) is 9.59. The fraction of sp³-hybridized carbons (Fsp3) is 0.500. The van der Waals surface area contributed by atoms with Gasteiger partial charge in [-0.05, 0) is 31.4 Å². The second kappa shape index (κ2) is 5.62. The van der Waals surface area contributed by atoms with Crippen LogP contribution in [0.1, 0.15) is 18.9 Å². The van der Waals surface area contributed by atoms with Gasteiger partial charge in [0.15, 0.2) is 0 Å². The van der Waals surface area contributed by atoms with E-state index in [-0.39, 0.29) is 5.02 Å². The lowest BCUT2D eigenvalue weighted by Gasteiger charge is -2.24. The van der Waals surface area contributed by atoms with Crippen LogP contribution in [0.2, 0.25) is 5.02 Å². The predicted octanol–water partition coefficient (Wildman–Crippen LogP) is 2.78. The first-order chi connectivity index (χ1) is 7.46. The van der Waals surface area contributed by atoms with Crippen LogP contribution in [0.25, 0.3) is 0 Å². The van der Waals surface area contributed by atoms with Gasteiger partial charge in [-0.3, -0.25) is 0 Å². The van der Waals surface area contributed by atoms with Crippen LogP contribution >= 0.6 is 11.6 Å². The van der Waals surface area contributed by atoms with Gasteiger partial charge in [0.2, 0.25) is 0 Å². The summed E-state index contributed by atoms with van der Waals surface area (Å²) in [5, 5.41) is 0.164. The molecule has 0 bridgehead atoms. The molecule has 1 rings (SSSR count). The molecule has 0 aliphatic rings. The first-order valence-electron chi connectivity index (χ1n) is 5.17. The third-order valence-corrected chi connectivity index (χ3v) is 2.93. The molecule has 0 aliphatic heterocycles. The Hall–Kier alpha value is -0.640. The standard InChI is InChI=1S/C12H17ClFNO/c1-12(15,6-7-16-2)8-9-4-3-5-10(14)11(9)13/h3-5H,6-8,15H2,1-2H3. The Morgan fingerprint density at radius 2 is 2.19 bits per heavy atom. The minimum absolute atomic E-state index is 0.164. The molecule has 0 saturated heterocycles. The molecule has 0 heterocycles. The van der Waals surface area contributed by atoms with E-state index in [2.05, 4.69) is 0 Å². The molecule has 1 aromatic carbocycles. The average molecular weight is 246 g/mol. The number of hydrogen-bond donors (Lipinski definition) is 1. The molecule has 1 unspecified atom stereocenters. The Morgan fingerprint density at radius 3 is 2.81 bits per heavy atom. The van der Waals surface area contributed by atoms with E-state index >= 15 is 0 Å². The number of ether oxygens (including phenoxy) is 1. The van der Waals surface area contributed by atoms with Gasteiger partial charge in [0.1, 0.15) is 5.82 Å². The van der Waals surface area contributed by atoms with Crippen LogP contribution < -0.4 is 5.73 Å². The monoisotopic (exact) mass is 245 g/mol. The summed E-state index contributed by atoms with van der Waals surface area (Å²) >= 11 is 5.87. The van der Waals surface area contributed by atoms with E-state index in [9.17, 15) is 4.39 Å². The van der Waals surface area contributed by atoms with Crippen LogP contribution in [-0.2, 0) is 11.2 Å². The maximum Gasteiger partial charge on any atom is 0.142 e. The fourth-order valence-electron chi connectivity index (χ4n) is 1.54. The highest BCUT2D eigenvalue weighted by atomic mass is 35.5. The van der Waals surface area contributed by atoms with Crippen molar-refractivity contribution in [3.8, 4) is 0 Å². The normalized spacial score (nSPS) is 14.8. The Morgan fingerprint density at radius 1 is 1.50 bits per heavy atom. The second-order valence-electron chi connectivity index (χ2n) is 4.29. The van der Waals surface area contributed by atoms with E-state index in [1.165, 1.54) is 6.07 Å². The number of benzene rings is 1. The van der Waals surface area contributed by atoms with E-state index in [1.54, 1.807) is 19.2 Å². The number of methoxy groups -OCH3 is 1. The molecule has 0 radical (unpaired) electrons. The van der Waals surface area contributed by atoms with Crippen molar-refractivity contribution < 1.29 is 9.13 Å². The Balaban J connectivity index is 2.75. The van der Waals surface area contributed by atoms with E-state index < -0.39 is 11.4 Å². The van der Waals surface area contributed by atoms with Crippen LogP contribution in [-0.4, -0.2) is 19.3 Å². The van der Waals surface area contributed by atoms with E-state index in [0.717, 1.165) is 5.56 Å². The van der Waals surface area contributed by atoms with Crippen molar-refractivity contribution in [2.75, 3.05) is 13.7 Å². The minimum atomic E-state index is -0.437. The molecule has 2 nitrogen and oxygen atoms in total. The second-order valence-corrected chi connectivity index (χ2v) is 4.66. The predicted molar refractivity (Wildman–Crippen MR) is 64.2 cm³/mol. The summed E-state index contributed by atoms with van der Waals surface area (Å²) in [6.07, 6.45) is 1.24. The maximum absolute atomic E-state index is 13.2. The first kappa shape index (κ1) is 13.4. The topological polar surface area (TPSA) is 35.2 Å². The highest BCUT2D eigenvalue weighted by Gasteiger charge is 2.20. The maximum atomic E-state index is 13.2.